The number of nitro groups is 1. The van der Waals surface area contributed by atoms with Crippen molar-refractivity contribution in [2.75, 3.05) is 37.7 Å². The Morgan fingerprint density at radius 1 is 1.31 bits per heavy atom. The number of carbonyl (C=O) groups is 2. The first-order chi connectivity index (χ1) is 13.9. The topological polar surface area (TPSA) is 111 Å². The van der Waals surface area contributed by atoms with E-state index in [1.165, 1.54) is 12.1 Å². The largest absolute Gasteiger partial charge is 0.452 e. The highest BCUT2D eigenvalue weighted by Crippen LogP contribution is 2.29. The van der Waals surface area contributed by atoms with Crippen molar-refractivity contribution < 1.29 is 24.0 Å². The van der Waals surface area contributed by atoms with Gasteiger partial charge in [0.25, 0.3) is 11.6 Å². The van der Waals surface area contributed by atoms with Crippen LogP contribution in [-0.2, 0) is 14.3 Å². The fourth-order valence-electron chi connectivity index (χ4n) is 3.62. The van der Waals surface area contributed by atoms with E-state index in [9.17, 15) is 19.7 Å². The van der Waals surface area contributed by atoms with Crippen molar-refractivity contribution in [3.05, 3.63) is 33.9 Å². The molecule has 9 heteroatoms. The molecular formula is C20H27N3O6. The number of esters is 1. The summed E-state index contributed by atoms with van der Waals surface area (Å²) in [5.74, 6) is -0.561. The van der Waals surface area contributed by atoms with Gasteiger partial charge >= 0.3 is 5.97 Å². The van der Waals surface area contributed by atoms with Gasteiger partial charge in [-0.3, -0.25) is 14.9 Å². The minimum absolute atomic E-state index is 0.000444. The molecule has 2 heterocycles. The Morgan fingerprint density at radius 2 is 2.07 bits per heavy atom. The van der Waals surface area contributed by atoms with Crippen LogP contribution in [0.4, 0.5) is 11.4 Å². The minimum Gasteiger partial charge on any atom is -0.452 e. The van der Waals surface area contributed by atoms with Gasteiger partial charge < -0.3 is 19.7 Å². The fraction of sp³-hybridized carbons (Fsp3) is 0.600. The average molecular weight is 405 g/mol. The maximum absolute atomic E-state index is 12.6. The summed E-state index contributed by atoms with van der Waals surface area (Å²) in [4.78, 5) is 37.2. The second kappa shape index (κ2) is 9.69. The molecule has 1 atom stereocenters. The summed E-state index contributed by atoms with van der Waals surface area (Å²) in [6, 6.07) is 4.20. The monoisotopic (exact) mass is 405 g/mol. The van der Waals surface area contributed by atoms with Gasteiger partial charge in [0.05, 0.1) is 22.3 Å². The van der Waals surface area contributed by atoms with E-state index < -0.39 is 23.4 Å². The number of nitrogens with one attached hydrogen (secondary N) is 1. The molecule has 158 valence electrons. The summed E-state index contributed by atoms with van der Waals surface area (Å²) < 4.78 is 10.6. The summed E-state index contributed by atoms with van der Waals surface area (Å²) >= 11 is 0. The molecule has 1 aromatic rings. The lowest BCUT2D eigenvalue weighted by Gasteiger charge is -2.33. The Balaban J connectivity index is 1.64. The number of anilines is 1. The minimum atomic E-state index is -0.741. The van der Waals surface area contributed by atoms with Crippen LogP contribution in [0.3, 0.4) is 0 Å². The highest BCUT2D eigenvalue weighted by atomic mass is 16.6. The summed E-state index contributed by atoms with van der Waals surface area (Å²) in [7, 11) is 0. The van der Waals surface area contributed by atoms with Gasteiger partial charge in [-0.2, -0.15) is 0 Å². The molecule has 0 radical (unpaired) electrons. The van der Waals surface area contributed by atoms with Gasteiger partial charge in [-0.25, -0.2) is 4.79 Å². The number of nitrogens with zero attached hydrogens (tertiary/aromatic N) is 2. The predicted molar refractivity (Wildman–Crippen MR) is 106 cm³/mol. The molecule has 0 aliphatic carbocycles. The molecule has 9 nitrogen and oxygen atoms in total. The Hall–Kier alpha value is -2.68. The van der Waals surface area contributed by atoms with Crippen LogP contribution in [-0.4, -0.2) is 55.8 Å². The molecule has 1 amide bonds. The van der Waals surface area contributed by atoms with Crippen LogP contribution >= 0.6 is 0 Å². The van der Waals surface area contributed by atoms with Crippen LogP contribution in [0.15, 0.2) is 18.2 Å². The van der Waals surface area contributed by atoms with Crippen LogP contribution in [0.2, 0.25) is 0 Å². The second-order valence-electron chi connectivity index (χ2n) is 7.64. The van der Waals surface area contributed by atoms with Crippen molar-refractivity contribution in [2.24, 2.45) is 5.92 Å². The van der Waals surface area contributed by atoms with E-state index >= 15 is 0 Å². The molecule has 2 aliphatic rings. The van der Waals surface area contributed by atoms with Gasteiger partial charge in [-0.15, -0.1) is 0 Å². The van der Waals surface area contributed by atoms with Crippen molar-refractivity contribution in [1.82, 2.24) is 5.32 Å². The van der Waals surface area contributed by atoms with E-state index in [0.717, 1.165) is 38.8 Å². The normalized spacial score (nSPS) is 19.8. The smallest absolute Gasteiger partial charge is 0.341 e. The maximum atomic E-state index is 12.6. The maximum Gasteiger partial charge on any atom is 0.341 e. The molecule has 2 saturated heterocycles. The van der Waals surface area contributed by atoms with E-state index in [-0.39, 0.29) is 17.4 Å². The number of benzene rings is 1. The zero-order valence-corrected chi connectivity index (χ0v) is 16.6. The number of non-ortho nitro benzene ring substituents is 1. The first kappa shape index (κ1) is 21.0. The molecule has 29 heavy (non-hydrogen) atoms. The quantitative estimate of drug-likeness (QED) is 0.421. The van der Waals surface area contributed by atoms with Crippen LogP contribution in [0.1, 0.15) is 43.0 Å². The number of carbonyl (C=O) groups excluding carboxylic acids is 2. The Labute approximate surface area is 169 Å². The van der Waals surface area contributed by atoms with Crippen molar-refractivity contribution >= 4 is 23.3 Å². The third-order valence-corrected chi connectivity index (χ3v) is 5.42. The first-order valence-corrected chi connectivity index (χ1v) is 10.0. The third-order valence-electron chi connectivity index (χ3n) is 5.42. The Bertz CT molecular complexity index is 755. The van der Waals surface area contributed by atoms with Crippen molar-refractivity contribution in [1.29, 1.82) is 0 Å². The van der Waals surface area contributed by atoms with Crippen molar-refractivity contribution in [3.63, 3.8) is 0 Å². The first-order valence-electron chi connectivity index (χ1n) is 10.0. The van der Waals surface area contributed by atoms with Crippen LogP contribution < -0.4 is 10.2 Å². The molecule has 1 aromatic carbocycles. The van der Waals surface area contributed by atoms with Crippen molar-refractivity contribution in [3.8, 4) is 0 Å². The summed E-state index contributed by atoms with van der Waals surface area (Å²) in [6.07, 6.45) is 3.83. The molecule has 0 aromatic heterocycles. The lowest BCUT2D eigenvalue weighted by Crippen LogP contribution is -2.35. The fourth-order valence-corrected chi connectivity index (χ4v) is 3.62. The van der Waals surface area contributed by atoms with E-state index in [1.807, 2.05) is 4.90 Å². The summed E-state index contributed by atoms with van der Waals surface area (Å²) in [5, 5.41) is 13.8. The SMILES string of the molecule is CC1CCN(c2ccc([N+](=O)[O-])cc2C(=O)OCC(=O)NC[C@@H]2CCCO2)CC1. The Morgan fingerprint density at radius 3 is 2.72 bits per heavy atom. The molecule has 0 bridgehead atoms. The van der Waals surface area contributed by atoms with Gasteiger partial charge in [0.15, 0.2) is 6.61 Å². The number of ether oxygens (including phenoxy) is 2. The van der Waals surface area contributed by atoms with E-state index in [2.05, 4.69) is 12.2 Å². The molecule has 3 rings (SSSR count). The highest BCUT2D eigenvalue weighted by molar-refractivity contribution is 5.97. The van der Waals surface area contributed by atoms with E-state index in [0.29, 0.717) is 24.8 Å². The van der Waals surface area contributed by atoms with Crippen LogP contribution in [0.5, 0.6) is 0 Å². The average Bonchev–Trinajstić information content (AvgIpc) is 3.24. The summed E-state index contributed by atoms with van der Waals surface area (Å²) in [5.41, 5.74) is 0.529. The van der Waals surface area contributed by atoms with Gasteiger partial charge in [0.2, 0.25) is 0 Å². The molecule has 1 N–H and O–H groups in total. The zero-order valence-electron chi connectivity index (χ0n) is 16.6. The van der Waals surface area contributed by atoms with Gasteiger partial charge in [0.1, 0.15) is 0 Å². The Kier molecular flexibility index (Phi) is 7.03. The van der Waals surface area contributed by atoms with E-state index in [4.69, 9.17) is 9.47 Å². The highest BCUT2D eigenvalue weighted by Gasteiger charge is 2.25. The molecular weight excluding hydrogens is 378 g/mol. The number of rotatable bonds is 7. The van der Waals surface area contributed by atoms with Gasteiger partial charge in [0, 0.05) is 38.4 Å². The summed E-state index contributed by atoms with van der Waals surface area (Å²) in [6.45, 7) is 4.34. The zero-order chi connectivity index (χ0) is 20.8. The second-order valence-corrected chi connectivity index (χ2v) is 7.64. The van der Waals surface area contributed by atoms with Crippen LogP contribution in [0.25, 0.3) is 0 Å². The molecule has 0 saturated carbocycles. The predicted octanol–water partition coefficient (Wildman–Crippen LogP) is 2.28. The van der Waals surface area contributed by atoms with Gasteiger partial charge in [-0.1, -0.05) is 6.92 Å². The lowest BCUT2D eigenvalue weighted by atomic mass is 9.98. The van der Waals surface area contributed by atoms with Gasteiger partial charge in [-0.05, 0) is 37.7 Å². The van der Waals surface area contributed by atoms with Crippen LogP contribution in [0, 0.1) is 16.0 Å². The standard InChI is InChI=1S/C20H27N3O6/c1-14-6-8-22(9-7-14)18-5-4-15(23(26)27)11-17(18)20(25)29-13-19(24)21-12-16-3-2-10-28-16/h4-5,11,14,16H,2-3,6-10,12-13H2,1H3,(H,21,24)/t16-/m0/s1. The number of hydrogen-bond donors (Lipinski definition) is 1. The van der Waals surface area contributed by atoms with Crippen molar-refractivity contribution in [2.45, 2.75) is 38.7 Å². The number of hydrogen-bond acceptors (Lipinski definition) is 7. The molecule has 2 fully saturated rings. The lowest BCUT2D eigenvalue weighted by molar-refractivity contribution is -0.384. The number of amides is 1. The third kappa shape index (κ3) is 5.66. The molecule has 0 spiro atoms. The molecule has 0 unspecified atom stereocenters. The van der Waals surface area contributed by atoms with E-state index in [1.54, 1.807) is 6.07 Å². The number of nitro benzene ring substituents is 1. The molecule has 2 aliphatic heterocycles. The number of piperidine rings is 1.